The van der Waals surface area contributed by atoms with Crippen molar-refractivity contribution in [3.8, 4) is 11.4 Å². The number of halogens is 1. The average molecular weight is 382 g/mol. The summed E-state index contributed by atoms with van der Waals surface area (Å²) in [5.41, 5.74) is 7.74. The van der Waals surface area contributed by atoms with E-state index >= 15 is 0 Å². The fourth-order valence-corrected chi connectivity index (χ4v) is 2.62. The maximum atomic E-state index is 13.0. The van der Waals surface area contributed by atoms with Gasteiger partial charge in [0.25, 0.3) is 5.91 Å². The largest absolute Gasteiger partial charge is 0.339 e. The fourth-order valence-electron chi connectivity index (χ4n) is 2.62. The molecule has 3 rings (SSSR count). The minimum atomic E-state index is -0.389. The van der Waals surface area contributed by atoms with Crippen LogP contribution >= 0.6 is 0 Å². The Bertz CT molecular complexity index is 999. The SMILES string of the molecule is Cc1ccc(C(=O)NNC(=O)CCc2nc(-c3ccc(F)cc3)no2)c(C)c1. The predicted molar refractivity (Wildman–Crippen MR) is 99.5 cm³/mol. The van der Waals surface area contributed by atoms with E-state index in [0.29, 0.717) is 17.0 Å². The maximum absolute atomic E-state index is 13.0. The van der Waals surface area contributed by atoms with Crippen molar-refractivity contribution in [1.82, 2.24) is 21.0 Å². The number of amides is 2. The summed E-state index contributed by atoms with van der Waals surface area (Å²) in [4.78, 5) is 28.3. The molecule has 0 atom stereocenters. The first-order valence-electron chi connectivity index (χ1n) is 8.67. The van der Waals surface area contributed by atoms with Crippen molar-refractivity contribution in [3.63, 3.8) is 0 Å². The molecule has 0 bridgehead atoms. The van der Waals surface area contributed by atoms with Gasteiger partial charge in [-0.1, -0.05) is 22.9 Å². The van der Waals surface area contributed by atoms with Gasteiger partial charge in [0, 0.05) is 24.0 Å². The molecule has 2 N–H and O–H groups in total. The minimum absolute atomic E-state index is 0.0538. The molecule has 1 aromatic heterocycles. The third-order valence-electron chi connectivity index (χ3n) is 4.08. The first kappa shape index (κ1) is 19.2. The lowest BCUT2D eigenvalue weighted by atomic mass is 10.1. The Balaban J connectivity index is 1.49. The van der Waals surface area contributed by atoms with Gasteiger partial charge >= 0.3 is 0 Å². The van der Waals surface area contributed by atoms with Gasteiger partial charge in [0.15, 0.2) is 0 Å². The first-order valence-corrected chi connectivity index (χ1v) is 8.67. The van der Waals surface area contributed by atoms with Crippen LogP contribution in [0.4, 0.5) is 4.39 Å². The van der Waals surface area contributed by atoms with Crippen LogP contribution < -0.4 is 10.9 Å². The van der Waals surface area contributed by atoms with E-state index in [9.17, 15) is 14.0 Å². The quantitative estimate of drug-likeness (QED) is 0.662. The van der Waals surface area contributed by atoms with Crippen LogP contribution in [0.3, 0.4) is 0 Å². The number of aryl methyl sites for hydroxylation is 3. The highest BCUT2D eigenvalue weighted by atomic mass is 19.1. The molecule has 0 unspecified atom stereocenters. The first-order chi connectivity index (χ1) is 13.4. The van der Waals surface area contributed by atoms with Gasteiger partial charge in [-0.2, -0.15) is 4.98 Å². The molecule has 0 spiro atoms. The molecule has 7 nitrogen and oxygen atoms in total. The molecule has 28 heavy (non-hydrogen) atoms. The number of hydrogen-bond donors (Lipinski definition) is 2. The second-order valence-electron chi connectivity index (χ2n) is 6.34. The van der Waals surface area contributed by atoms with Crippen LogP contribution in [0.2, 0.25) is 0 Å². The molecule has 0 fully saturated rings. The van der Waals surface area contributed by atoms with E-state index in [2.05, 4.69) is 21.0 Å². The Morgan fingerprint density at radius 2 is 1.82 bits per heavy atom. The smallest absolute Gasteiger partial charge is 0.269 e. The van der Waals surface area contributed by atoms with Crippen molar-refractivity contribution in [2.45, 2.75) is 26.7 Å². The minimum Gasteiger partial charge on any atom is -0.339 e. The van der Waals surface area contributed by atoms with Crippen LogP contribution in [0, 0.1) is 19.7 Å². The molecule has 0 radical (unpaired) electrons. The number of nitrogens with one attached hydrogen (secondary N) is 2. The number of aromatic nitrogens is 2. The van der Waals surface area contributed by atoms with Gasteiger partial charge < -0.3 is 4.52 Å². The summed E-state index contributed by atoms with van der Waals surface area (Å²) in [5.74, 6) is -0.539. The summed E-state index contributed by atoms with van der Waals surface area (Å²) in [5, 5.41) is 3.81. The molecule has 0 aliphatic carbocycles. The lowest BCUT2D eigenvalue weighted by Gasteiger charge is -2.09. The van der Waals surface area contributed by atoms with E-state index in [0.717, 1.165) is 11.1 Å². The van der Waals surface area contributed by atoms with Crippen molar-refractivity contribution in [2.75, 3.05) is 0 Å². The Hall–Kier alpha value is -3.55. The summed E-state index contributed by atoms with van der Waals surface area (Å²) in [6, 6.07) is 11.1. The molecule has 144 valence electrons. The predicted octanol–water partition coefficient (Wildman–Crippen LogP) is 2.89. The van der Waals surface area contributed by atoms with E-state index in [-0.39, 0.29) is 36.4 Å². The fraction of sp³-hybridized carbons (Fsp3) is 0.200. The van der Waals surface area contributed by atoms with Crippen molar-refractivity contribution >= 4 is 11.8 Å². The van der Waals surface area contributed by atoms with Gasteiger partial charge in [-0.15, -0.1) is 0 Å². The zero-order chi connectivity index (χ0) is 20.1. The molecule has 1 heterocycles. The third kappa shape index (κ3) is 4.79. The van der Waals surface area contributed by atoms with Crippen LogP contribution in [-0.2, 0) is 11.2 Å². The van der Waals surface area contributed by atoms with Gasteiger partial charge in [0.1, 0.15) is 5.82 Å². The van der Waals surface area contributed by atoms with E-state index in [1.807, 2.05) is 26.0 Å². The molecule has 0 saturated carbocycles. The zero-order valence-electron chi connectivity index (χ0n) is 15.5. The van der Waals surface area contributed by atoms with Crippen LogP contribution in [0.25, 0.3) is 11.4 Å². The number of hydrazine groups is 1. The maximum Gasteiger partial charge on any atom is 0.269 e. The summed E-state index contributed by atoms with van der Waals surface area (Å²) in [7, 11) is 0. The van der Waals surface area contributed by atoms with E-state index in [4.69, 9.17) is 4.52 Å². The highest BCUT2D eigenvalue weighted by molar-refractivity contribution is 5.96. The summed E-state index contributed by atoms with van der Waals surface area (Å²) < 4.78 is 18.1. The molecule has 0 aliphatic rings. The van der Waals surface area contributed by atoms with Gasteiger partial charge in [0.05, 0.1) is 0 Å². The van der Waals surface area contributed by atoms with Gasteiger partial charge in [-0.05, 0) is 49.7 Å². The second-order valence-corrected chi connectivity index (χ2v) is 6.34. The van der Waals surface area contributed by atoms with E-state index in [1.165, 1.54) is 12.1 Å². The lowest BCUT2D eigenvalue weighted by Crippen LogP contribution is -2.42. The zero-order valence-corrected chi connectivity index (χ0v) is 15.5. The number of carbonyl (C=O) groups is 2. The van der Waals surface area contributed by atoms with Gasteiger partial charge in [-0.3, -0.25) is 20.4 Å². The van der Waals surface area contributed by atoms with Crippen LogP contribution in [-0.4, -0.2) is 22.0 Å². The highest BCUT2D eigenvalue weighted by Gasteiger charge is 2.13. The molecule has 0 aliphatic heterocycles. The van der Waals surface area contributed by atoms with E-state index in [1.54, 1.807) is 18.2 Å². The van der Waals surface area contributed by atoms with Crippen molar-refractivity contribution in [3.05, 3.63) is 70.9 Å². The number of carbonyl (C=O) groups excluding carboxylic acids is 2. The monoisotopic (exact) mass is 382 g/mol. The topological polar surface area (TPSA) is 97.1 Å². The average Bonchev–Trinajstić information content (AvgIpc) is 3.14. The molecule has 3 aromatic rings. The standard InChI is InChI=1S/C20H19FN4O3/c1-12-3-8-16(13(2)11-12)20(27)24-23-17(26)9-10-18-22-19(25-28-18)14-4-6-15(21)7-5-14/h3-8,11H,9-10H2,1-2H3,(H,23,26)(H,24,27). The summed E-state index contributed by atoms with van der Waals surface area (Å²) in [6.07, 6.45) is 0.262. The Labute approximate surface area is 160 Å². The highest BCUT2D eigenvalue weighted by Crippen LogP contribution is 2.16. The van der Waals surface area contributed by atoms with E-state index < -0.39 is 0 Å². The molecular weight excluding hydrogens is 363 g/mol. The normalized spacial score (nSPS) is 10.5. The van der Waals surface area contributed by atoms with Crippen LogP contribution in [0.5, 0.6) is 0 Å². The van der Waals surface area contributed by atoms with Crippen molar-refractivity contribution in [2.24, 2.45) is 0 Å². The molecular formula is C20H19FN4O3. The van der Waals surface area contributed by atoms with Crippen molar-refractivity contribution in [1.29, 1.82) is 0 Å². The Morgan fingerprint density at radius 1 is 1.07 bits per heavy atom. The number of benzene rings is 2. The molecule has 8 heteroatoms. The summed E-state index contributed by atoms with van der Waals surface area (Å²) >= 11 is 0. The Morgan fingerprint density at radius 3 is 2.54 bits per heavy atom. The Kier molecular flexibility index (Phi) is 5.78. The second kappa shape index (κ2) is 8.43. The van der Waals surface area contributed by atoms with Crippen LogP contribution in [0.15, 0.2) is 47.0 Å². The summed E-state index contributed by atoms with van der Waals surface area (Å²) in [6.45, 7) is 3.77. The lowest BCUT2D eigenvalue weighted by molar-refractivity contribution is -0.121. The van der Waals surface area contributed by atoms with Crippen LogP contribution in [0.1, 0.15) is 33.8 Å². The molecule has 2 amide bonds. The number of rotatable bonds is 5. The number of nitrogens with zero attached hydrogens (tertiary/aromatic N) is 2. The molecule has 2 aromatic carbocycles. The van der Waals surface area contributed by atoms with Gasteiger partial charge in [-0.25, -0.2) is 4.39 Å². The number of hydrogen-bond acceptors (Lipinski definition) is 5. The van der Waals surface area contributed by atoms with Crippen molar-refractivity contribution < 1.29 is 18.5 Å². The molecule has 0 saturated heterocycles. The third-order valence-corrected chi connectivity index (χ3v) is 4.08. The van der Waals surface area contributed by atoms with Gasteiger partial charge in [0.2, 0.25) is 17.6 Å².